The third-order valence-electron chi connectivity index (χ3n) is 2.61. The number of hydrogen-bond donors (Lipinski definition) is 0. The summed E-state index contributed by atoms with van der Waals surface area (Å²) < 4.78 is 0. The van der Waals surface area contributed by atoms with Gasteiger partial charge in [0.1, 0.15) is 5.78 Å². The van der Waals surface area contributed by atoms with Crippen LogP contribution in [0.3, 0.4) is 0 Å². The molecule has 1 unspecified atom stereocenters. The molecule has 1 aliphatic rings. The second-order valence-corrected chi connectivity index (χ2v) is 4.44. The summed E-state index contributed by atoms with van der Waals surface area (Å²) in [6, 6.07) is -0.232. The minimum absolute atomic E-state index is 0.202. The molecule has 80 valence electrons. The molecule has 0 aliphatic carbocycles. The number of nitrogens with zero attached hydrogens (tertiary/aromatic N) is 1. The number of rotatable bonds is 3. The molecule has 0 aromatic heterocycles. The van der Waals surface area contributed by atoms with Gasteiger partial charge in [-0.15, -0.1) is 0 Å². The summed E-state index contributed by atoms with van der Waals surface area (Å²) in [6.45, 7) is 5.28. The highest BCUT2D eigenvalue weighted by Gasteiger charge is 2.30. The Labute approximate surface area is 89.4 Å². The highest BCUT2D eigenvalue weighted by Crippen LogP contribution is 2.18. The summed E-state index contributed by atoms with van der Waals surface area (Å²) in [7, 11) is 0. The summed E-state index contributed by atoms with van der Waals surface area (Å²) in [5.74, 6) is 0.485. The largest absolute Gasteiger partial charge is 0.300 e. The van der Waals surface area contributed by atoms with Crippen molar-refractivity contribution < 1.29 is 9.59 Å². The molecular weight excluding hydrogens is 202 g/mol. The highest BCUT2D eigenvalue weighted by molar-refractivity contribution is 6.64. The Morgan fingerprint density at radius 2 is 1.86 bits per heavy atom. The molecule has 0 spiro atoms. The van der Waals surface area contributed by atoms with Crippen LogP contribution in [0.25, 0.3) is 0 Å². The number of halogens is 1. The number of likely N-dealkylation sites (tertiary alicyclic amines) is 1. The minimum atomic E-state index is -0.311. The van der Waals surface area contributed by atoms with E-state index >= 15 is 0 Å². The van der Waals surface area contributed by atoms with Gasteiger partial charge in [0.25, 0.3) is 0 Å². The van der Waals surface area contributed by atoms with Crippen LogP contribution in [0.2, 0.25) is 0 Å². The average Bonchev–Trinajstić information content (AvgIpc) is 2.07. The van der Waals surface area contributed by atoms with E-state index in [0.29, 0.717) is 25.9 Å². The molecule has 1 aliphatic heterocycles. The van der Waals surface area contributed by atoms with Gasteiger partial charge < -0.3 is 0 Å². The predicted molar refractivity (Wildman–Crippen MR) is 55.3 cm³/mol. The first-order valence-electron chi connectivity index (χ1n) is 4.97. The average molecular weight is 218 g/mol. The Kier molecular flexibility index (Phi) is 4.08. The lowest BCUT2D eigenvalue weighted by molar-refractivity contribution is -0.125. The van der Waals surface area contributed by atoms with Gasteiger partial charge in [-0.1, -0.05) is 13.8 Å². The van der Waals surface area contributed by atoms with Crippen LogP contribution in [-0.2, 0) is 9.59 Å². The van der Waals surface area contributed by atoms with Crippen molar-refractivity contribution in [2.24, 2.45) is 5.92 Å². The van der Waals surface area contributed by atoms with Crippen LogP contribution in [0, 0.1) is 5.92 Å². The lowest BCUT2D eigenvalue weighted by Crippen LogP contribution is -2.47. The fourth-order valence-electron chi connectivity index (χ4n) is 1.88. The van der Waals surface area contributed by atoms with Crippen molar-refractivity contribution in [3.63, 3.8) is 0 Å². The Morgan fingerprint density at radius 3 is 2.21 bits per heavy atom. The van der Waals surface area contributed by atoms with E-state index < -0.39 is 0 Å². The van der Waals surface area contributed by atoms with Crippen LogP contribution in [0.4, 0.5) is 0 Å². The number of Topliss-reactive ketones (excluding diaryl/α,β-unsaturated/α-hetero) is 1. The molecule has 0 N–H and O–H groups in total. The van der Waals surface area contributed by atoms with Crippen molar-refractivity contribution in [1.29, 1.82) is 0 Å². The van der Waals surface area contributed by atoms with E-state index in [9.17, 15) is 9.59 Å². The Bertz CT molecular complexity index is 230. The highest BCUT2D eigenvalue weighted by atomic mass is 35.5. The molecule has 1 fully saturated rings. The van der Waals surface area contributed by atoms with Gasteiger partial charge in [-0.3, -0.25) is 14.5 Å². The molecule has 0 saturated carbocycles. The quantitative estimate of drug-likeness (QED) is 0.672. The second kappa shape index (κ2) is 4.89. The molecule has 3 nitrogen and oxygen atoms in total. The second-order valence-electron chi connectivity index (χ2n) is 4.07. The van der Waals surface area contributed by atoms with Crippen LogP contribution < -0.4 is 0 Å². The summed E-state index contributed by atoms with van der Waals surface area (Å²) in [5, 5.41) is -0.311. The Balaban J connectivity index is 2.61. The predicted octanol–water partition coefficient (Wildman–Crippen LogP) is 1.44. The van der Waals surface area contributed by atoms with Crippen molar-refractivity contribution in [3.8, 4) is 0 Å². The molecule has 1 rings (SSSR count). The van der Waals surface area contributed by atoms with E-state index in [4.69, 9.17) is 11.6 Å². The van der Waals surface area contributed by atoms with Crippen LogP contribution in [0.1, 0.15) is 26.7 Å². The third kappa shape index (κ3) is 2.79. The Morgan fingerprint density at radius 1 is 1.36 bits per heavy atom. The van der Waals surface area contributed by atoms with E-state index in [1.807, 2.05) is 18.7 Å². The molecule has 1 atom stereocenters. The van der Waals surface area contributed by atoms with Gasteiger partial charge >= 0.3 is 0 Å². The summed E-state index contributed by atoms with van der Waals surface area (Å²) in [6.07, 6.45) is 1.10. The smallest absolute Gasteiger partial charge is 0.239 e. The van der Waals surface area contributed by atoms with E-state index in [1.54, 1.807) is 0 Å². The van der Waals surface area contributed by atoms with Crippen LogP contribution >= 0.6 is 11.6 Å². The van der Waals surface area contributed by atoms with Crippen molar-refractivity contribution in [3.05, 3.63) is 0 Å². The fourth-order valence-corrected chi connectivity index (χ4v) is 2.27. The molecular formula is C10H16ClNO2. The zero-order chi connectivity index (χ0) is 10.7. The zero-order valence-corrected chi connectivity index (χ0v) is 9.38. The van der Waals surface area contributed by atoms with Crippen molar-refractivity contribution >= 4 is 22.6 Å². The van der Waals surface area contributed by atoms with Gasteiger partial charge in [-0.05, 0) is 17.5 Å². The first kappa shape index (κ1) is 11.7. The molecule has 1 saturated heterocycles. The summed E-state index contributed by atoms with van der Waals surface area (Å²) in [5.41, 5.74) is 0. The first-order valence-corrected chi connectivity index (χ1v) is 5.35. The molecule has 1 heterocycles. The lowest BCUT2D eigenvalue weighted by atomic mass is 10.00. The normalized spacial score (nSPS) is 21.3. The zero-order valence-electron chi connectivity index (χ0n) is 8.62. The summed E-state index contributed by atoms with van der Waals surface area (Å²) in [4.78, 5) is 24.2. The number of piperidine rings is 1. The maximum Gasteiger partial charge on any atom is 0.239 e. The number of hydrogen-bond acceptors (Lipinski definition) is 3. The van der Waals surface area contributed by atoms with Crippen LogP contribution in [-0.4, -0.2) is 35.1 Å². The number of ketones is 1. The first-order chi connectivity index (χ1) is 6.52. The lowest BCUT2D eigenvalue weighted by Gasteiger charge is -2.33. The monoisotopic (exact) mass is 217 g/mol. The Hall–Kier alpha value is -0.410. The molecule has 0 amide bonds. The topological polar surface area (TPSA) is 37.4 Å². The van der Waals surface area contributed by atoms with Gasteiger partial charge in [-0.2, -0.15) is 0 Å². The standard InChI is InChI=1S/C10H16ClNO2/c1-7(2)9(10(11)14)12-5-3-8(13)4-6-12/h7,9H,3-6H2,1-2H3. The van der Waals surface area contributed by atoms with E-state index in [2.05, 4.69) is 0 Å². The van der Waals surface area contributed by atoms with Crippen molar-refractivity contribution in [2.75, 3.05) is 13.1 Å². The van der Waals surface area contributed by atoms with Gasteiger partial charge in [0.2, 0.25) is 5.24 Å². The molecule has 0 bridgehead atoms. The molecule has 4 heteroatoms. The minimum Gasteiger partial charge on any atom is -0.300 e. The summed E-state index contributed by atoms with van der Waals surface area (Å²) >= 11 is 5.54. The molecule has 0 aromatic rings. The van der Waals surface area contributed by atoms with E-state index in [1.165, 1.54) is 0 Å². The number of carbonyl (C=O) groups excluding carboxylic acids is 2. The van der Waals surface area contributed by atoms with Gasteiger partial charge in [0.05, 0.1) is 6.04 Å². The van der Waals surface area contributed by atoms with Gasteiger partial charge in [-0.25, -0.2) is 0 Å². The molecule has 14 heavy (non-hydrogen) atoms. The van der Waals surface area contributed by atoms with Crippen molar-refractivity contribution in [1.82, 2.24) is 4.90 Å². The fraction of sp³-hybridized carbons (Fsp3) is 0.800. The molecule has 0 radical (unpaired) electrons. The van der Waals surface area contributed by atoms with Gasteiger partial charge in [0, 0.05) is 25.9 Å². The van der Waals surface area contributed by atoms with Crippen LogP contribution in [0.5, 0.6) is 0 Å². The van der Waals surface area contributed by atoms with Crippen molar-refractivity contribution in [2.45, 2.75) is 32.7 Å². The maximum absolute atomic E-state index is 11.2. The maximum atomic E-state index is 11.2. The van der Waals surface area contributed by atoms with E-state index in [0.717, 1.165) is 0 Å². The molecule has 0 aromatic carbocycles. The third-order valence-corrected chi connectivity index (χ3v) is 2.84. The van der Waals surface area contributed by atoms with Crippen LogP contribution in [0.15, 0.2) is 0 Å². The SMILES string of the molecule is CC(C)C(C(=O)Cl)N1CCC(=O)CC1. The van der Waals surface area contributed by atoms with E-state index in [-0.39, 0.29) is 23.0 Å². The number of carbonyl (C=O) groups is 2. The van der Waals surface area contributed by atoms with Gasteiger partial charge in [0.15, 0.2) is 0 Å².